The van der Waals surface area contributed by atoms with Crippen molar-refractivity contribution in [1.29, 1.82) is 0 Å². The first-order valence-corrected chi connectivity index (χ1v) is 21.1. The molecule has 12 heteroatoms. The number of anilines is 2. The zero-order valence-electron chi connectivity index (χ0n) is 33.9. The first-order chi connectivity index (χ1) is 27.3. The number of piperidine rings is 2. The van der Waals surface area contributed by atoms with E-state index in [4.69, 9.17) is 30.7 Å². The van der Waals surface area contributed by atoms with Crippen molar-refractivity contribution in [2.24, 2.45) is 10.8 Å². The summed E-state index contributed by atoms with van der Waals surface area (Å²) in [5, 5.41) is 11.9. The molecular weight excluding hydrogens is 738 g/mol. The van der Waals surface area contributed by atoms with Crippen molar-refractivity contribution in [3.63, 3.8) is 0 Å². The molecule has 11 nitrogen and oxygen atoms in total. The summed E-state index contributed by atoms with van der Waals surface area (Å²) < 4.78 is 12.6. The van der Waals surface area contributed by atoms with Gasteiger partial charge in [-0.3, -0.25) is 4.90 Å². The molecule has 0 unspecified atom stereocenters. The Balaban J connectivity index is 1.15. The van der Waals surface area contributed by atoms with Gasteiger partial charge in [-0.2, -0.15) is 0 Å². The number of pyridine rings is 2. The Morgan fingerprint density at radius 1 is 0.965 bits per heavy atom. The fourth-order valence-corrected chi connectivity index (χ4v) is 9.88. The highest BCUT2D eigenvalue weighted by molar-refractivity contribution is 6.31. The number of benzene rings is 1. The van der Waals surface area contributed by atoms with E-state index < -0.39 is 17.7 Å². The highest BCUT2D eigenvalue weighted by Gasteiger charge is 2.41. The average molecular weight is 792 g/mol. The van der Waals surface area contributed by atoms with Crippen molar-refractivity contribution in [2.75, 3.05) is 42.5 Å². The van der Waals surface area contributed by atoms with Gasteiger partial charge in [-0.15, -0.1) is 0 Å². The minimum atomic E-state index is -1.29. The largest absolute Gasteiger partial charge is 0.479 e. The van der Waals surface area contributed by atoms with Crippen LogP contribution in [-0.2, 0) is 29.0 Å². The predicted octanol–water partition coefficient (Wildman–Crippen LogP) is 9.38. The second-order valence-electron chi connectivity index (χ2n) is 18.7. The van der Waals surface area contributed by atoms with Crippen LogP contribution in [0.5, 0.6) is 0 Å². The number of hydrogen-bond donors (Lipinski definition) is 1. The van der Waals surface area contributed by atoms with Crippen molar-refractivity contribution in [2.45, 2.75) is 111 Å². The van der Waals surface area contributed by atoms with Gasteiger partial charge in [0, 0.05) is 44.5 Å². The fraction of sp³-hybridized carbons (Fsp3) is 0.533. The standard InChI is InChI=1S/C45H54ClN7O4/c1-43(2,3)57-37(42(54)55)34-36(52-22-14-44(4,5)15-23-52)33(32(50-39(34)46)26-51-20-16-45(17-21-51)12-7-13-45)29-9-10-30-25-53(19-11-28(30)24-29)40-38-35(48-27-49-40)31-8-6-18-47-41(31)56-38/h6,8-10,18,24,27,37H,7,11-17,19-23,25-26H2,1-5H3,(H,54,55)/t37-/m0/s1. The van der Waals surface area contributed by atoms with Crippen LogP contribution in [0.4, 0.5) is 11.5 Å². The van der Waals surface area contributed by atoms with Crippen molar-refractivity contribution in [1.82, 2.24) is 24.8 Å². The maximum Gasteiger partial charge on any atom is 0.337 e. The van der Waals surface area contributed by atoms with Crippen LogP contribution >= 0.6 is 11.6 Å². The number of halogens is 1. The molecule has 1 aliphatic carbocycles. The molecule has 57 heavy (non-hydrogen) atoms. The third-order valence-electron chi connectivity index (χ3n) is 13.1. The highest BCUT2D eigenvalue weighted by Crippen LogP contribution is 2.50. The van der Waals surface area contributed by atoms with Gasteiger partial charge in [0.25, 0.3) is 0 Å². The van der Waals surface area contributed by atoms with Gasteiger partial charge in [0.1, 0.15) is 17.0 Å². The number of carboxylic acids is 1. The minimum Gasteiger partial charge on any atom is -0.479 e. The summed E-state index contributed by atoms with van der Waals surface area (Å²) >= 11 is 7.26. The molecule has 4 aromatic heterocycles. The van der Waals surface area contributed by atoms with Crippen molar-refractivity contribution >= 4 is 51.3 Å². The van der Waals surface area contributed by atoms with Crippen LogP contribution < -0.4 is 9.80 Å². The Labute approximate surface area is 339 Å². The molecule has 3 fully saturated rings. The molecule has 0 amide bonds. The molecule has 3 aliphatic heterocycles. The lowest BCUT2D eigenvalue weighted by Crippen LogP contribution is -2.43. The van der Waals surface area contributed by atoms with Crippen LogP contribution in [0.3, 0.4) is 0 Å². The molecule has 1 N–H and O–H groups in total. The number of aromatic nitrogens is 4. The molecular formula is C45H54ClN7O4. The Bertz CT molecular complexity index is 2330. The lowest BCUT2D eigenvalue weighted by atomic mass is 9.63. The molecule has 0 bridgehead atoms. The van der Waals surface area contributed by atoms with E-state index in [0.717, 1.165) is 91.2 Å². The van der Waals surface area contributed by atoms with E-state index in [1.807, 2.05) is 32.9 Å². The van der Waals surface area contributed by atoms with E-state index in [-0.39, 0.29) is 10.6 Å². The zero-order chi connectivity index (χ0) is 39.7. The molecule has 9 rings (SSSR count). The number of nitrogens with zero attached hydrogens (tertiary/aromatic N) is 7. The lowest BCUT2D eigenvalue weighted by molar-refractivity contribution is -0.160. The number of ether oxygens (including phenoxy) is 1. The molecule has 300 valence electrons. The van der Waals surface area contributed by atoms with Crippen LogP contribution in [0.2, 0.25) is 5.15 Å². The molecule has 1 spiro atoms. The molecule has 7 heterocycles. The molecule has 1 saturated carbocycles. The van der Waals surface area contributed by atoms with E-state index in [9.17, 15) is 9.90 Å². The van der Waals surface area contributed by atoms with Gasteiger partial charge in [0.05, 0.1) is 27.9 Å². The number of rotatable bonds is 8. The minimum absolute atomic E-state index is 0.182. The van der Waals surface area contributed by atoms with E-state index in [1.54, 1.807) is 12.5 Å². The molecule has 4 aliphatic rings. The molecule has 0 radical (unpaired) electrons. The normalized spacial score (nSPS) is 20.2. The zero-order valence-corrected chi connectivity index (χ0v) is 34.7. The lowest BCUT2D eigenvalue weighted by Gasteiger charge is -2.48. The fourth-order valence-electron chi connectivity index (χ4n) is 9.59. The summed E-state index contributed by atoms with van der Waals surface area (Å²) in [5.74, 6) is -0.307. The number of hydrogen-bond acceptors (Lipinski definition) is 10. The topological polar surface area (TPSA) is 121 Å². The molecule has 1 atom stereocenters. The van der Waals surface area contributed by atoms with Gasteiger partial charge in [-0.25, -0.2) is 24.7 Å². The third kappa shape index (κ3) is 7.36. The maximum atomic E-state index is 13.2. The van der Waals surface area contributed by atoms with Crippen molar-refractivity contribution in [3.8, 4) is 11.1 Å². The molecule has 2 saturated heterocycles. The number of aliphatic carboxylic acids is 1. The monoisotopic (exact) mass is 791 g/mol. The molecule has 1 aromatic carbocycles. The summed E-state index contributed by atoms with van der Waals surface area (Å²) in [4.78, 5) is 39.2. The van der Waals surface area contributed by atoms with Crippen LogP contribution in [0.1, 0.15) is 108 Å². The Morgan fingerprint density at radius 2 is 1.74 bits per heavy atom. The van der Waals surface area contributed by atoms with Crippen LogP contribution in [0.15, 0.2) is 47.3 Å². The van der Waals surface area contributed by atoms with Crippen molar-refractivity contribution in [3.05, 3.63) is 70.4 Å². The van der Waals surface area contributed by atoms with Gasteiger partial charge in [-0.1, -0.05) is 50.1 Å². The predicted molar refractivity (Wildman–Crippen MR) is 224 cm³/mol. The Hall–Kier alpha value is -4.32. The number of carboxylic acid groups (broad SMARTS) is 1. The van der Waals surface area contributed by atoms with Crippen LogP contribution in [0.25, 0.3) is 33.3 Å². The van der Waals surface area contributed by atoms with Gasteiger partial charge < -0.3 is 24.1 Å². The van der Waals surface area contributed by atoms with Crippen molar-refractivity contribution < 1.29 is 19.1 Å². The number of fused-ring (bicyclic) bond motifs is 4. The summed E-state index contributed by atoms with van der Waals surface area (Å²) in [6, 6.07) is 10.6. The number of furan rings is 1. The number of likely N-dealkylation sites (tertiary alicyclic amines) is 1. The van der Waals surface area contributed by atoms with E-state index in [1.165, 1.54) is 43.2 Å². The van der Waals surface area contributed by atoms with E-state index in [2.05, 4.69) is 56.7 Å². The second kappa shape index (κ2) is 14.5. The van der Waals surface area contributed by atoms with Gasteiger partial charge in [0.2, 0.25) is 5.71 Å². The smallest absolute Gasteiger partial charge is 0.337 e. The summed E-state index contributed by atoms with van der Waals surface area (Å²) in [7, 11) is 0. The van der Waals surface area contributed by atoms with Gasteiger partial charge in [0.15, 0.2) is 17.5 Å². The summed E-state index contributed by atoms with van der Waals surface area (Å²) in [5.41, 5.74) is 8.59. The summed E-state index contributed by atoms with van der Waals surface area (Å²) in [6.45, 7) is 16.0. The van der Waals surface area contributed by atoms with E-state index in [0.29, 0.717) is 35.4 Å². The summed E-state index contributed by atoms with van der Waals surface area (Å²) in [6.07, 6.45) is 11.2. The van der Waals surface area contributed by atoms with Crippen LogP contribution in [-0.4, -0.2) is 74.2 Å². The highest BCUT2D eigenvalue weighted by atomic mass is 35.5. The van der Waals surface area contributed by atoms with Gasteiger partial charge in [-0.05, 0) is 118 Å². The Morgan fingerprint density at radius 3 is 2.44 bits per heavy atom. The first-order valence-electron chi connectivity index (χ1n) is 20.7. The number of carbonyl (C=O) groups is 1. The second-order valence-corrected chi connectivity index (χ2v) is 19.1. The quantitative estimate of drug-likeness (QED) is 0.151. The Kier molecular flexibility index (Phi) is 9.72. The van der Waals surface area contributed by atoms with Gasteiger partial charge >= 0.3 is 5.97 Å². The average Bonchev–Trinajstić information content (AvgIpc) is 3.55. The first kappa shape index (κ1) is 38.2. The molecule has 5 aromatic rings. The SMILES string of the molecule is CC1(C)CCN(c2c(-c3ccc4c(c3)CCN(c3ncnc5c3oc3ncccc35)C4)c(CN3CCC4(CCC4)CC3)nc(Cl)c2[C@H](OC(C)(C)C)C(=O)O)CC1. The maximum absolute atomic E-state index is 13.2. The van der Waals surface area contributed by atoms with Crippen LogP contribution in [0, 0.1) is 10.8 Å². The third-order valence-corrected chi connectivity index (χ3v) is 13.4. The van der Waals surface area contributed by atoms with E-state index >= 15 is 0 Å².